The zero-order valence-corrected chi connectivity index (χ0v) is 10.7. The number of aryl methyl sites for hydroxylation is 1. The predicted molar refractivity (Wildman–Crippen MR) is 71.8 cm³/mol. The van der Waals surface area contributed by atoms with Gasteiger partial charge in [0.1, 0.15) is 0 Å². The first kappa shape index (κ1) is 12.2. The molecule has 7 heteroatoms. The number of carboxylic acid groups (broad SMARTS) is 1. The van der Waals surface area contributed by atoms with Crippen LogP contribution in [-0.4, -0.2) is 30.4 Å². The third-order valence-electron chi connectivity index (χ3n) is 3.13. The van der Waals surface area contributed by atoms with E-state index < -0.39 is 5.97 Å². The normalized spacial score (nSPS) is 11.1. The number of aromatic amines is 1. The number of rotatable bonds is 3. The molecule has 3 rings (SSSR count). The molecule has 2 N–H and O–H groups in total. The zero-order valence-electron chi connectivity index (χ0n) is 10.7. The summed E-state index contributed by atoms with van der Waals surface area (Å²) >= 11 is 0. The molecule has 0 fully saturated rings. The summed E-state index contributed by atoms with van der Waals surface area (Å²) in [5, 5.41) is 13.3. The van der Waals surface area contributed by atoms with Gasteiger partial charge in [0.15, 0.2) is 0 Å². The van der Waals surface area contributed by atoms with E-state index in [0.29, 0.717) is 17.6 Å². The number of para-hydroxylation sites is 1. The van der Waals surface area contributed by atoms with Crippen molar-refractivity contribution in [3.05, 3.63) is 52.2 Å². The van der Waals surface area contributed by atoms with Crippen molar-refractivity contribution in [1.82, 2.24) is 19.3 Å². The second-order valence-electron chi connectivity index (χ2n) is 4.50. The summed E-state index contributed by atoms with van der Waals surface area (Å²) in [7, 11) is 1.80. The Morgan fingerprint density at radius 3 is 2.85 bits per heavy atom. The lowest BCUT2D eigenvalue weighted by Gasteiger charge is -2.01. The van der Waals surface area contributed by atoms with Gasteiger partial charge in [-0.1, -0.05) is 6.07 Å². The van der Waals surface area contributed by atoms with Gasteiger partial charge in [0.05, 0.1) is 28.8 Å². The van der Waals surface area contributed by atoms with Gasteiger partial charge in [-0.3, -0.25) is 9.25 Å². The lowest BCUT2D eigenvalue weighted by molar-refractivity contribution is 0.0699. The maximum Gasteiger partial charge on any atom is 0.337 e. The maximum atomic E-state index is 12.0. The van der Waals surface area contributed by atoms with Crippen molar-refractivity contribution in [2.24, 2.45) is 7.05 Å². The topological polar surface area (TPSA) is 92.9 Å². The lowest BCUT2D eigenvalue weighted by atomic mass is 10.2. The van der Waals surface area contributed by atoms with Crippen LogP contribution in [0.15, 0.2) is 35.3 Å². The highest BCUT2D eigenvalue weighted by molar-refractivity contribution is 6.00. The van der Waals surface area contributed by atoms with Crippen LogP contribution in [-0.2, 0) is 13.6 Å². The third kappa shape index (κ3) is 1.89. The molecule has 1 aromatic carbocycles. The molecule has 102 valence electrons. The number of hydrogen-bond donors (Lipinski definition) is 2. The molecule has 0 aliphatic rings. The molecule has 0 spiro atoms. The van der Waals surface area contributed by atoms with Gasteiger partial charge in [0.25, 0.3) is 0 Å². The SMILES string of the molecule is Cn1ccc(Cn2c(=O)[nH]c3c(C(=O)O)cccc32)n1. The first-order valence-electron chi connectivity index (χ1n) is 5.99. The van der Waals surface area contributed by atoms with Crippen molar-refractivity contribution in [3.63, 3.8) is 0 Å². The van der Waals surface area contributed by atoms with E-state index in [4.69, 9.17) is 5.11 Å². The highest BCUT2D eigenvalue weighted by atomic mass is 16.4. The molecular formula is C13H12N4O3. The van der Waals surface area contributed by atoms with Crippen LogP contribution in [0.5, 0.6) is 0 Å². The Morgan fingerprint density at radius 1 is 1.40 bits per heavy atom. The summed E-state index contributed by atoms with van der Waals surface area (Å²) in [6.45, 7) is 0.294. The van der Waals surface area contributed by atoms with Gasteiger partial charge in [-0.05, 0) is 18.2 Å². The zero-order chi connectivity index (χ0) is 14.3. The van der Waals surface area contributed by atoms with E-state index >= 15 is 0 Å². The van der Waals surface area contributed by atoms with Crippen LogP contribution in [0.1, 0.15) is 16.1 Å². The predicted octanol–water partition coefficient (Wildman–Crippen LogP) is 0.810. The molecule has 0 aliphatic carbocycles. The molecule has 0 aliphatic heterocycles. The number of carboxylic acids is 1. The fourth-order valence-electron chi connectivity index (χ4n) is 2.22. The molecule has 0 amide bonds. The van der Waals surface area contributed by atoms with E-state index in [1.807, 2.05) is 6.07 Å². The van der Waals surface area contributed by atoms with Crippen LogP contribution < -0.4 is 5.69 Å². The van der Waals surface area contributed by atoms with E-state index in [-0.39, 0.29) is 11.3 Å². The molecule has 3 aromatic rings. The minimum absolute atomic E-state index is 0.0828. The van der Waals surface area contributed by atoms with E-state index in [1.165, 1.54) is 10.6 Å². The average molecular weight is 272 g/mol. The van der Waals surface area contributed by atoms with Gasteiger partial charge in [-0.2, -0.15) is 5.10 Å². The number of aromatic carboxylic acids is 1. The summed E-state index contributed by atoms with van der Waals surface area (Å²) in [6.07, 6.45) is 1.79. The monoisotopic (exact) mass is 272 g/mol. The Hall–Kier alpha value is -2.83. The summed E-state index contributed by atoms with van der Waals surface area (Å²) in [5.41, 5.74) is 1.36. The Labute approximate surface area is 113 Å². The fraction of sp³-hybridized carbons (Fsp3) is 0.154. The molecule has 0 unspecified atom stereocenters. The highest BCUT2D eigenvalue weighted by Crippen LogP contribution is 2.16. The Bertz CT molecular complexity index is 856. The van der Waals surface area contributed by atoms with Gasteiger partial charge in [0.2, 0.25) is 0 Å². The summed E-state index contributed by atoms with van der Waals surface area (Å²) < 4.78 is 3.13. The van der Waals surface area contributed by atoms with Gasteiger partial charge >= 0.3 is 11.7 Å². The number of hydrogen-bond acceptors (Lipinski definition) is 3. The minimum atomic E-state index is -1.07. The fourth-order valence-corrected chi connectivity index (χ4v) is 2.22. The molecule has 0 atom stereocenters. The van der Waals surface area contributed by atoms with Gasteiger partial charge in [0, 0.05) is 13.2 Å². The van der Waals surface area contributed by atoms with E-state index in [9.17, 15) is 9.59 Å². The van der Waals surface area contributed by atoms with Gasteiger partial charge < -0.3 is 10.1 Å². The number of H-pyrrole nitrogens is 1. The number of nitrogens with one attached hydrogen (secondary N) is 1. The van der Waals surface area contributed by atoms with E-state index in [1.54, 1.807) is 30.1 Å². The molecule has 0 saturated heterocycles. The van der Waals surface area contributed by atoms with Crippen molar-refractivity contribution in [2.75, 3.05) is 0 Å². The Morgan fingerprint density at radius 2 is 2.20 bits per heavy atom. The smallest absolute Gasteiger partial charge is 0.337 e. The number of benzene rings is 1. The molecule has 2 aromatic heterocycles. The highest BCUT2D eigenvalue weighted by Gasteiger charge is 2.14. The standard InChI is InChI=1S/C13H12N4O3/c1-16-6-5-8(15-16)7-17-10-4-2-3-9(12(18)19)11(10)14-13(17)20/h2-6H,7H2,1H3,(H,14,20)(H,18,19). The number of nitrogens with zero attached hydrogens (tertiary/aromatic N) is 3. The maximum absolute atomic E-state index is 12.0. The molecule has 0 saturated carbocycles. The lowest BCUT2D eigenvalue weighted by Crippen LogP contribution is -2.17. The molecule has 2 heterocycles. The van der Waals surface area contributed by atoms with Crippen molar-refractivity contribution in [2.45, 2.75) is 6.54 Å². The van der Waals surface area contributed by atoms with Crippen LogP contribution >= 0.6 is 0 Å². The second kappa shape index (κ2) is 4.37. The second-order valence-corrected chi connectivity index (χ2v) is 4.50. The van der Waals surface area contributed by atoms with Crippen molar-refractivity contribution >= 4 is 17.0 Å². The first-order valence-corrected chi connectivity index (χ1v) is 5.99. The summed E-state index contributed by atoms with van der Waals surface area (Å²) in [4.78, 5) is 25.8. The van der Waals surface area contributed by atoms with Crippen LogP contribution in [0.4, 0.5) is 0 Å². The number of fused-ring (bicyclic) bond motifs is 1. The van der Waals surface area contributed by atoms with Gasteiger partial charge in [-0.25, -0.2) is 9.59 Å². The number of carbonyl (C=O) groups is 1. The Kier molecular flexibility index (Phi) is 2.67. The number of aromatic nitrogens is 4. The largest absolute Gasteiger partial charge is 0.478 e. The first-order chi connectivity index (χ1) is 9.56. The summed E-state index contributed by atoms with van der Waals surface area (Å²) in [5.74, 6) is -1.07. The van der Waals surface area contributed by atoms with Crippen LogP contribution in [0.2, 0.25) is 0 Å². The molecule has 20 heavy (non-hydrogen) atoms. The van der Waals surface area contributed by atoms with Crippen LogP contribution in [0.25, 0.3) is 11.0 Å². The third-order valence-corrected chi connectivity index (χ3v) is 3.13. The van der Waals surface area contributed by atoms with Crippen molar-refractivity contribution < 1.29 is 9.90 Å². The Balaban J connectivity index is 2.16. The summed E-state index contributed by atoms with van der Waals surface area (Å²) in [6, 6.07) is 6.61. The molecule has 7 nitrogen and oxygen atoms in total. The average Bonchev–Trinajstić information content (AvgIpc) is 2.94. The van der Waals surface area contributed by atoms with E-state index in [0.717, 1.165) is 5.69 Å². The quantitative estimate of drug-likeness (QED) is 0.738. The van der Waals surface area contributed by atoms with Crippen LogP contribution in [0.3, 0.4) is 0 Å². The minimum Gasteiger partial charge on any atom is -0.478 e. The van der Waals surface area contributed by atoms with Crippen molar-refractivity contribution in [1.29, 1.82) is 0 Å². The molecular weight excluding hydrogens is 260 g/mol. The molecule has 0 bridgehead atoms. The van der Waals surface area contributed by atoms with Crippen LogP contribution in [0, 0.1) is 0 Å². The van der Waals surface area contributed by atoms with E-state index in [2.05, 4.69) is 10.1 Å². The van der Waals surface area contributed by atoms with Gasteiger partial charge in [-0.15, -0.1) is 0 Å². The van der Waals surface area contributed by atoms with Crippen molar-refractivity contribution in [3.8, 4) is 0 Å². The molecule has 0 radical (unpaired) electrons. The number of imidazole rings is 1.